The average Bonchev–Trinajstić information content (AvgIpc) is 2.52. The highest BCUT2D eigenvalue weighted by Crippen LogP contribution is 2.25. The van der Waals surface area contributed by atoms with Crippen LogP contribution < -0.4 is 0 Å². The third kappa shape index (κ3) is 4.50. The van der Waals surface area contributed by atoms with Gasteiger partial charge in [-0.2, -0.15) is 0 Å². The zero-order valence-corrected chi connectivity index (χ0v) is 15.7. The first kappa shape index (κ1) is 17.4. The van der Waals surface area contributed by atoms with Crippen molar-refractivity contribution in [3.05, 3.63) is 41.6 Å². The Bertz CT molecular complexity index is 696. The maximum absolute atomic E-state index is 12.7. The van der Waals surface area contributed by atoms with Crippen LogP contribution in [-0.2, 0) is 10.0 Å². The van der Waals surface area contributed by atoms with Gasteiger partial charge in [-0.15, -0.1) is 0 Å². The van der Waals surface area contributed by atoms with E-state index in [1.165, 1.54) is 9.88 Å². The van der Waals surface area contributed by atoms with Gasteiger partial charge in [-0.3, -0.25) is 4.31 Å². The van der Waals surface area contributed by atoms with Crippen molar-refractivity contribution in [1.29, 1.82) is 0 Å². The van der Waals surface area contributed by atoms with Crippen molar-refractivity contribution in [2.75, 3.05) is 6.54 Å². The topological polar surface area (TPSA) is 37.4 Å². The lowest BCUT2D eigenvalue weighted by molar-refractivity contribution is 0.463. The molecular weight excluding hydrogens is 409 g/mol. The Balaban J connectivity index is 2.12. The molecule has 0 N–H and O–H groups in total. The first-order chi connectivity index (χ1) is 10.5. The van der Waals surface area contributed by atoms with E-state index in [-0.39, 0.29) is 0 Å². The molecule has 0 aliphatic carbocycles. The normalized spacial score (nSPS) is 15.0. The third-order valence-electron chi connectivity index (χ3n) is 3.70. The SMILES string of the molecule is Cc1ccc(S(=O)(=O)N2C=C(CCCC#CI)CCC2)cc1. The number of benzene rings is 1. The summed E-state index contributed by atoms with van der Waals surface area (Å²) in [4.78, 5) is 0.367. The number of hydrogen-bond donors (Lipinski definition) is 0. The minimum Gasteiger partial charge on any atom is -0.273 e. The second-order valence-electron chi connectivity index (χ2n) is 5.44. The summed E-state index contributed by atoms with van der Waals surface area (Å²) in [6.07, 6.45) is 6.47. The fraction of sp³-hybridized carbons (Fsp3) is 0.412. The van der Waals surface area contributed by atoms with E-state index in [4.69, 9.17) is 0 Å². The standard InChI is InChI=1S/C17H20INO2S/c1-15-8-10-17(11-9-15)22(20,21)19-13-5-7-16(14-19)6-3-2-4-12-18/h8-11,14H,2-3,5-7,13H2,1H3. The molecule has 1 aliphatic heterocycles. The van der Waals surface area contributed by atoms with Gasteiger partial charge in [0.15, 0.2) is 0 Å². The van der Waals surface area contributed by atoms with Crippen LogP contribution in [0.25, 0.3) is 0 Å². The molecule has 1 aliphatic rings. The molecular formula is C17H20INO2S. The van der Waals surface area contributed by atoms with Gasteiger partial charge in [0, 0.05) is 41.8 Å². The van der Waals surface area contributed by atoms with Gasteiger partial charge < -0.3 is 0 Å². The van der Waals surface area contributed by atoms with Crippen LogP contribution in [0.5, 0.6) is 0 Å². The molecule has 0 radical (unpaired) electrons. The molecule has 0 atom stereocenters. The van der Waals surface area contributed by atoms with Gasteiger partial charge in [0.25, 0.3) is 10.0 Å². The fourth-order valence-electron chi connectivity index (χ4n) is 2.47. The Hall–Kier alpha value is -1.00. The maximum Gasteiger partial charge on any atom is 0.263 e. The first-order valence-electron chi connectivity index (χ1n) is 7.40. The number of allylic oxidation sites excluding steroid dienone is 1. The zero-order chi connectivity index (χ0) is 16.0. The number of halogens is 1. The summed E-state index contributed by atoms with van der Waals surface area (Å²) >= 11 is 2.04. The molecule has 5 heteroatoms. The number of aryl methyl sites for hydroxylation is 1. The predicted octanol–water partition coefficient (Wildman–Crippen LogP) is 4.23. The quantitative estimate of drug-likeness (QED) is 0.399. The minimum atomic E-state index is -3.42. The van der Waals surface area contributed by atoms with E-state index in [1.807, 2.05) is 47.8 Å². The Morgan fingerprint density at radius 2 is 2.00 bits per heavy atom. The molecule has 22 heavy (non-hydrogen) atoms. The highest BCUT2D eigenvalue weighted by molar-refractivity contribution is 14.1. The van der Waals surface area contributed by atoms with Crippen molar-refractivity contribution in [2.45, 2.75) is 43.9 Å². The van der Waals surface area contributed by atoms with Crippen LogP contribution in [0.15, 0.2) is 40.9 Å². The average molecular weight is 429 g/mol. The first-order valence-corrected chi connectivity index (χ1v) is 9.92. The van der Waals surface area contributed by atoms with Crippen molar-refractivity contribution in [3.8, 4) is 9.85 Å². The van der Waals surface area contributed by atoms with Crippen molar-refractivity contribution in [1.82, 2.24) is 4.31 Å². The van der Waals surface area contributed by atoms with Crippen molar-refractivity contribution >= 4 is 32.6 Å². The molecule has 1 heterocycles. The van der Waals surface area contributed by atoms with E-state index in [2.05, 4.69) is 9.85 Å². The summed E-state index contributed by atoms with van der Waals surface area (Å²) in [7, 11) is -3.42. The van der Waals surface area contributed by atoms with Crippen LogP contribution in [0, 0.1) is 16.8 Å². The summed E-state index contributed by atoms with van der Waals surface area (Å²) in [6, 6.07) is 7.04. The number of nitrogens with zero attached hydrogens (tertiary/aromatic N) is 1. The van der Waals surface area contributed by atoms with Crippen LogP contribution >= 0.6 is 22.6 Å². The molecule has 0 amide bonds. The van der Waals surface area contributed by atoms with Crippen molar-refractivity contribution in [2.24, 2.45) is 0 Å². The molecule has 0 saturated carbocycles. The predicted molar refractivity (Wildman–Crippen MR) is 98.0 cm³/mol. The van der Waals surface area contributed by atoms with Gasteiger partial charge in [-0.1, -0.05) is 29.2 Å². The molecule has 0 spiro atoms. The summed E-state index contributed by atoms with van der Waals surface area (Å²) < 4.78 is 29.7. The maximum atomic E-state index is 12.7. The summed E-state index contributed by atoms with van der Waals surface area (Å²) in [6.45, 7) is 2.52. The molecule has 118 valence electrons. The zero-order valence-electron chi connectivity index (χ0n) is 12.7. The second-order valence-corrected chi connectivity index (χ2v) is 7.87. The summed E-state index contributed by atoms with van der Waals surface area (Å²) in [5.74, 6) is 3.04. The molecule has 2 rings (SSSR count). The Labute approximate surface area is 147 Å². The number of unbranched alkanes of at least 4 members (excludes halogenated alkanes) is 1. The van der Waals surface area contributed by atoms with Crippen LogP contribution in [0.1, 0.15) is 37.7 Å². The van der Waals surface area contributed by atoms with Gasteiger partial charge in [0.2, 0.25) is 0 Å². The minimum absolute atomic E-state index is 0.367. The van der Waals surface area contributed by atoms with E-state index in [0.717, 1.165) is 37.7 Å². The molecule has 1 aromatic carbocycles. The van der Waals surface area contributed by atoms with E-state index < -0.39 is 10.0 Å². The lowest BCUT2D eigenvalue weighted by atomic mass is 10.0. The fourth-order valence-corrected chi connectivity index (χ4v) is 4.15. The molecule has 3 nitrogen and oxygen atoms in total. The number of rotatable bonds is 5. The smallest absolute Gasteiger partial charge is 0.263 e. The van der Waals surface area contributed by atoms with E-state index >= 15 is 0 Å². The summed E-state index contributed by atoms with van der Waals surface area (Å²) in [5, 5.41) is 0. The van der Waals surface area contributed by atoms with Gasteiger partial charge in [0.05, 0.1) is 4.90 Å². The Morgan fingerprint density at radius 3 is 2.68 bits per heavy atom. The van der Waals surface area contributed by atoms with Crippen LogP contribution in [0.2, 0.25) is 0 Å². The van der Waals surface area contributed by atoms with Gasteiger partial charge in [-0.05, 0) is 48.7 Å². The van der Waals surface area contributed by atoms with Crippen molar-refractivity contribution < 1.29 is 8.42 Å². The van der Waals surface area contributed by atoms with E-state index in [1.54, 1.807) is 12.1 Å². The Morgan fingerprint density at radius 1 is 1.27 bits per heavy atom. The van der Waals surface area contributed by atoms with Crippen molar-refractivity contribution in [3.63, 3.8) is 0 Å². The molecule has 0 fully saturated rings. The van der Waals surface area contributed by atoms with Crippen LogP contribution in [-0.4, -0.2) is 19.3 Å². The van der Waals surface area contributed by atoms with Gasteiger partial charge >= 0.3 is 0 Å². The molecule has 0 saturated heterocycles. The van der Waals surface area contributed by atoms with Gasteiger partial charge in [0.1, 0.15) is 0 Å². The van der Waals surface area contributed by atoms with E-state index in [9.17, 15) is 8.42 Å². The van der Waals surface area contributed by atoms with Crippen LogP contribution in [0.3, 0.4) is 0 Å². The molecule has 1 aromatic rings. The van der Waals surface area contributed by atoms with E-state index in [0.29, 0.717) is 11.4 Å². The van der Waals surface area contributed by atoms with Crippen LogP contribution in [0.4, 0.5) is 0 Å². The largest absolute Gasteiger partial charge is 0.273 e. The molecule has 0 bridgehead atoms. The second kappa shape index (κ2) is 8.02. The Kier molecular flexibility index (Phi) is 6.33. The number of hydrogen-bond acceptors (Lipinski definition) is 2. The lowest BCUT2D eigenvalue weighted by Crippen LogP contribution is -2.30. The highest BCUT2D eigenvalue weighted by atomic mass is 127. The third-order valence-corrected chi connectivity index (χ3v) is 5.85. The summed E-state index contributed by atoms with van der Waals surface area (Å²) in [5.41, 5.74) is 2.27. The monoisotopic (exact) mass is 429 g/mol. The molecule has 0 aromatic heterocycles. The lowest BCUT2D eigenvalue weighted by Gasteiger charge is -2.26. The highest BCUT2D eigenvalue weighted by Gasteiger charge is 2.24. The molecule has 0 unspecified atom stereocenters. The van der Waals surface area contributed by atoms with Gasteiger partial charge in [-0.25, -0.2) is 8.42 Å². The number of sulfonamides is 1.